The van der Waals surface area contributed by atoms with Crippen LogP contribution in [-0.4, -0.2) is 79.5 Å². The first-order valence-electron chi connectivity index (χ1n) is 15.2. The van der Waals surface area contributed by atoms with Crippen LogP contribution in [-0.2, 0) is 18.9 Å². The standard InChI is InChI=1S/C30H61NO6/c1-6-11-12-13-14-15-16-17-18-19-20-21-22-23-24-29(34-7-2,35-8-3)30(36-9-4,37-10-5)31(25-27-32)26-28-33/h17-18,32-33H,6-16,19-28H2,1-5H3/b18-17-. The molecule has 0 atom stereocenters. The maximum Gasteiger partial charge on any atom is 0.287 e. The monoisotopic (exact) mass is 531 g/mol. The third kappa shape index (κ3) is 13.9. The first-order valence-corrected chi connectivity index (χ1v) is 15.2. The van der Waals surface area contributed by atoms with E-state index in [1.165, 1.54) is 51.4 Å². The van der Waals surface area contributed by atoms with Crippen LogP contribution in [0.4, 0.5) is 0 Å². The molecular formula is C30H61NO6. The lowest BCUT2D eigenvalue weighted by Crippen LogP contribution is -2.70. The van der Waals surface area contributed by atoms with Crippen molar-refractivity contribution in [3.8, 4) is 0 Å². The third-order valence-electron chi connectivity index (χ3n) is 6.59. The molecule has 0 aliphatic rings. The van der Waals surface area contributed by atoms with Gasteiger partial charge >= 0.3 is 0 Å². The Labute approximate surface area is 228 Å². The number of hydrogen-bond acceptors (Lipinski definition) is 7. The van der Waals surface area contributed by atoms with Crippen LogP contribution in [0.15, 0.2) is 12.2 Å². The van der Waals surface area contributed by atoms with Gasteiger partial charge in [0.05, 0.1) is 13.2 Å². The number of ether oxygens (including phenoxy) is 4. The molecule has 222 valence electrons. The molecular weight excluding hydrogens is 470 g/mol. The normalized spacial score (nSPS) is 12.9. The molecule has 0 unspecified atom stereocenters. The average Bonchev–Trinajstić information content (AvgIpc) is 2.88. The largest absolute Gasteiger partial charge is 0.395 e. The predicted octanol–water partition coefficient (Wildman–Crippen LogP) is 6.42. The molecule has 0 aliphatic carbocycles. The van der Waals surface area contributed by atoms with E-state index >= 15 is 0 Å². The maximum atomic E-state index is 9.78. The number of hydrogen-bond donors (Lipinski definition) is 2. The summed E-state index contributed by atoms with van der Waals surface area (Å²) in [4.78, 5) is 1.82. The van der Waals surface area contributed by atoms with Crippen LogP contribution in [0.5, 0.6) is 0 Å². The summed E-state index contributed by atoms with van der Waals surface area (Å²) in [5.41, 5.74) is 0. The van der Waals surface area contributed by atoms with Crippen LogP contribution in [0, 0.1) is 0 Å². The molecule has 0 saturated carbocycles. The lowest BCUT2D eigenvalue weighted by atomic mass is 10.00. The van der Waals surface area contributed by atoms with Gasteiger partial charge in [-0.15, -0.1) is 0 Å². The molecule has 0 rings (SSSR count). The van der Waals surface area contributed by atoms with E-state index in [-0.39, 0.29) is 26.3 Å². The van der Waals surface area contributed by atoms with Crippen LogP contribution >= 0.6 is 0 Å². The highest BCUT2D eigenvalue weighted by Gasteiger charge is 2.59. The second-order valence-corrected chi connectivity index (χ2v) is 9.48. The van der Waals surface area contributed by atoms with Crippen molar-refractivity contribution in [2.24, 2.45) is 0 Å². The van der Waals surface area contributed by atoms with Gasteiger partial charge in [0.15, 0.2) is 0 Å². The van der Waals surface area contributed by atoms with Gasteiger partial charge in [0.1, 0.15) is 0 Å². The van der Waals surface area contributed by atoms with Gasteiger partial charge < -0.3 is 29.2 Å². The van der Waals surface area contributed by atoms with Crippen LogP contribution in [0.25, 0.3) is 0 Å². The zero-order valence-electron chi connectivity index (χ0n) is 25.0. The molecule has 0 aliphatic heterocycles. The van der Waals surface area contributed by atoms with Crippen LogP contribution in [0.3, 0.4) is 0 Å². The minimum absolute atomic E-state index is 0.0946. The average molecular weight is 532 g/mol. The molecule has 0 spiro atoms. The van der Waals surface area contributed by atoms with Gasteiger partial charge in [-0.1, -0.05) is 64.0 Å². The predicted molar refractivity (Wildman–Crippen MR) is 153 cm³/mol. The van der Waals surface area contributed by atoms with Gasteiger partial charge in [-0.25, -0.2) is 4.90 Å². The molecule has 37 heavy (non-hydrogen) atoms. The highest BCUT2D eigenvalue weighted by Crippen LogP contribution is 2.40. The smallest absolute Gasteiger partial charge is 0.287 e. The lowest BCUT2D eigenvalue weighted by Gasteiger charge is -2.52. The van der Waals surface area contributed by atoms with E-state index in [4.69, 9.17) is 18.9 Å². The first kappa shape index (κ1) is 36.5. The lowest BCUT2D eigenvalue weighted by molar-refractivity contribution is -0.457. The Bertz CT molecular complexity index is 498. The highest BCUT2D eigenvalue weighted by atomic mass is 16.8. The molecule has 0 radical (unpaired) electrons. The summed E-state index contributed by atoms with van der Waals surface area (Å²) in [5, 5.41) is 19.6. The summed E-state index contributed by atoms with van der Waals surface area (Å²) in [5.74, 6) is -2.54. The first-order chi connectivity index (χ1) is 18.1. The van der Waals surface area contributed by atoms with E-state index in [2.05, 4.69) is 19.1 Å². The van der Waals surface area contributed by atoms with Crippen molar-refractivity contribution in [1.29, 1.82) is 0 Å². The maximum absolute atomic E-state index is 9.78. The Morgan fingerprint density at radius 1 is 0.568 bits per heavy atom. The molecule has 7 heteroatoms. The summed E-state index contributed by atoms with van der Waals surface area (Å²) >= 11 is 0. The number of unbranched alkanes of at least 4 members (excludes halogenated alkanes) is 10. The van der Waals surface area contributed by atoms with Gasteiger partial charge in [0.25, 0.3) is 5.91 Å². The summed E-state index contributed by atoms with van der Waals surface area (Å²) < 4.78 is 25.3. The third-order valence-corrected chi connectivity index (χ3v) is 6.59. The van der Waals surface area contributed by atoms with Crippen molar-refractivity contribution in [1.82, 2.24) is 4.90 Å². The van der Waals surface area contributed by atoms with E-state index in [9.17, 15) is 10.2 Å². The number of aliphatic hydroxyl groups is 2. The summed E-state index contributed by atoms with van der Waals surface area (Å²) in [6, 6.07) is 0. The molecule has 0 aromatic heterocycles. The zero-order valence-corrected chi connectivity index (χ0v) is 25.0. The minimum Gasteiger partial charge on any atom is -0.395 e. The van der Waals surface area contributed by atoms with Gasteiger partial charge in [0, 0.05) is 45.9 Å². The number of nitrogens with zero attached hydrogens (tertiary/aromatic N) is 1. The van der Waals surface area contributed by atoms with Crippen LogP contribution in [0.1, 0.15) is 118 Å². The summed E-state index contributed by atoms with van der Waals surface area (Å²) in [7, 11) is 0. The van der Waals surface area contributed by atoms with Gasteiger partial charge in [-0.2, -0.15) is 0 Å². The fourth-order valence-corrected chi connectivity index (χ4v) is 4.97. The van der Waals surface area contributed by atoms with Crippen molar-refractivity contribution < 1.29 is 29.2 Å². The number of aliphatic hydroxyl groups excluding tert-OH is 2. The molecule has 2 N–H and O–H groups in total. The van der Waals surface area contributed by atoms with Crippen molar-refractivity contribution in [2.45, 2.75) is 130 Å². The summed E-state index contributed by atoms with van der Waals surface area (Å²) in [6.07, 6.45) is 20.0. The molecule has 0 heterocycles. The zero-order chi connectivity index (χ0) is 27.7. The van der Waals surface area contributed by atoms with E-state index in [0.717, 1.165) is 25.7 Å². The molecule has 7 nitrogen and oxygen atoms in total. The van der Waals surface area contributed by atoms with E-state index < -0.39 is 11.7 Å². The SMILES string of the molecule is CCCCCCCC/C=C\CCCCCCC(OCC)(OCC)C(OCC)(OCC)N(CCO)CCO. The van der Waals surface area contributed by atoms with Gasteiger partial charge in [-0.05, 0) is 59.8 Å². The fourth-order valence-electron chi connectivity index (χ4n) is 4.97. The highest BCUT2D eigenvalue weighted by molar-refractivity contribution is 4.91. The Morgan fingerprint density at radius 2 is 1.00 bits per heavy atom. The quantitative estimate of drug-likeness (QED) is 0.0685. The number of rotatable bonds is 28. The Morgan fingerprint density at radius 3 is 1.43 bits per heavy atom. The van der Waals surface area contributed by atoms with Crippen molar-refractivity contribution in [2.75, 3.05) is 52.7 Å². The molecule has 0 saturated heterocycles. The van der Waals surface area contributed by atoms with E-state index in [0.29, 0.717) is 32.8 Å². The Balaban J connectivity index is 5.08. The Hall–Kier alpha value is -0.540. The molecule has 0 aromatic rings. The number of allylic oxidation sites excluding steroid dienone is 2. The molecule has 0 bridgehead atoms. The summed E-state index contributed by atoms with van der Waals surface area (Å²) in [6.45, 7) is 11.9. The fraction of sp³-hybridized carbons (Fsp3) is 0.933. The molecule has 0 aromatic carbocycles. The molecule has 0 amide bonds. The van der Waals surface area contributed by atoms with E-state index in [1.807, 2.05) is 32.6 Å². The Kier molecular flexibility index (Phi) is 24.1. The molecule has 0 fully saturated rings. The second-order valence-electron chi connectivity index (χ2n) is 9.48. The van der Waals surface area contributed by atoms with Gasteiger partial charge in [0.2, 0.25) is 5.79 Å². The van der Waals surface area contributed by atoms with Crippen molar-refractivity contribution in [3.05, 3.63) is 12.2 Å². The topological polar surface area (TPSA) is 80.6 Å². The van der Waals surface area contributed by atoms with Crippen molar-refractivity contribution >= 4 is 0 Å². The van der Waals surface area contributed by atoms with Gasteiger partial charge in [-0.3, -0.25) is 0 Å². The minimum atomic E-state index is -1.37. The van der Waals surface area contributed by atoms with Crippen molar-refractivity contribution in [3.63, 3.8) is 0 Å². The second kappa shape index (κ2) is 24.5. The van der Waals surface area contributed by atoms with E-state index in [1.54, 1.807) is 0 Å². The van der Waals surface area contributed by atoms with Crippen LogP contribution < -0.4 is 0 Å². The van der Waals surface area contributed by atoms with Crippen LogP contribution in [0.2, 0.25) is 0 Å².